The summed E-state index contributed by atoms with van der Waals surface area (Å²) in [6.07, 6.45) is 0.591. The van der Waals surface area contributed by atoms with Crippen LogP contribution in [0.4, 0.5) is 5.69 Å². The minimum atomic E-state index is -1.25. The van der Waals surface area contributed by atoms with Crippen molar-refractivity contribution in [2.45, 2.75) is 51.2 Å². The van der Waals surface area contributed by atoms with Crippen LogP contribution in [0.2, 0.25) is 5.02 Å². The Labute approximate surface area is 206 Å². The van der Waals surface area contributed by atoms with Crippen LogP contribution in [0.15, 0.2) is 12.1 Å². The average Bonchev–Trinajstić information content (AvgIpc) is 3.28. The zero-order valence-corrected chi connectivity index (χ0v) is 20.2. The number of halogens is 1. The molecule has 0 spiro atoms. The molecule has 3 atom stereocenters. The molecule has 0 saturated carbocycles. The highest BCUT2D eigenvalue weighted by Crippen LogP contribution is 2.31. The van der Waals surface area contributed by atoms with Crippen LogP contribution >= 0.6 is 11.6 Å². The van der Waals surface area contributed by atoms with Crippen LogP contribution in [0, 0.1) is 0 Å². The molecule has 12 nitrogen and oxygen atoms in total. The molecule has 35 heavy (non-hydrogen) atoms. The van der Waals surface area contributed by atoms with Crippen molar-refractivity contribution in [3.63, 3.8) is 0 Å². The molecule has 4 amide bonds. The fourth-order valence-corrected chi connectivity index (χ4v) is 3.88. The number of anilines is 1. The van der Waals surface area contributed by atoms with E-state index in [9.17, 15) is 28.8 Å². The monoisotopic (exact) mass is 510 g/mol. The molecule has 0 bridgehead atoms. The molecule has 0 aromatic heterocycles. The van der Waals surface area contributed by atoms with Crippen LogP contribution in [0.3, 0.4) is 0 Å². The van der Waals surface area contributed by atoms with Crippen molar-refractivity contribution in [1.29, 1.82) is 0 Å². The highest BCUT2D eigenvalue weighted by molar-refractivity contribution is 6.34. The van der Waals surface area contributed by atoms with Gasteiger partial charge in [-0.15, -0.1) is 0 Å². The smallest absolute Gasteiger partial charge is 0.305 e. The lowest BCUT2D eigenvalue weighted by molar-refractivity contribution is -0.141. The summed E-state index contributed by atoms with van der Waals surface area (Å²) in [6.45, 7) is 3.00. The number of nitrogens with one attached hydrogen (secondary N) is 3. The molecular weight excluding hydrogens is 484 g/mol. The van der Waals surface area contributed by atoms with E-state index >= 15 is 0 Å². The molecule has 13 heteroatoms. The average molecular weight is 511 g/mol. The van der Waals surface area contributed by atoms with Gasteiger partial charge in [0.1, 0.15) is 24.1 Å². The Hall–Kier alpha value is -3.67. The number of methoxy groups -OCH3 is 1. The number of amides is 4. The first kappa shape index (κ1) is 27.6. The second-order valence-corrected chi connectivity index (χ2v) is 8.35. The highest BCUT2D eigenvalue weighted by atomic mass is 35.5. The summed E-state index contributed by atoms with van der Waals surface area (Å²) in [4.78, 5) is 73.0. The molecule has 1 aromatic rings. The van der Waals surface area contributed by atoms with Gasteiger partial charge >= 0.3 is 5.97 Å². The topological polar surface area (TPSA) is 171 Å². The van der Waals surface area contributed by atoms with E-state index in [-0.39, 0.29) is 34.5 Å². The second kappa shape index (κ2) is 12.2. The largest absolute Gasteiger partial charge is 0.496 e. The SMILES string of the molecule is COc1cc(NC(C)=O)c(Cl)cc1C(=O)N[C@@H](C)C(=O)N1CCC[C@H]1C(=O)NC(C=O)CC(=O)O. The standard InChI is InChI=1S/C22H27ClN4O8/c1-11(24-20(32)14-8-15(23)16(25-12(2)29)9-18(14)35-3)22(34)27-6-4-5-17(27)21(33)26-13(10-28)7-19(30)31/h8-11,13,17H,4-7H2,1-3H3,(H,24,32)(H,25,29)(H,26,33)(H,30,31)/t11-,13?,17-/m0/s1. The van der Waals surface area contributed by atoms with Crippen molar-refractivity contribution >= 4 is 53.2 Å². The Balaban J connectivity index is 2.12. The van der Waals surface area contributed by atoms with Crippen LogP contribution in [0.25, 0.3) is 0 Å². The fraction of sp³-hybridized carbons (Fsp3) is 0.455. The molecule has 1 unspecified atom stereocenters. The van der Waals surface area contributed by atoms with Gasteiger partial charge in [0.2, 0.25) is 17.7 Å². The number of benzene rings is 1. The first-order chi connectivity index (χ1) is 16.5. The number of hydrogen-bond acceptors (Lipinski definition) is 7. The molecule has 1 saturated heterocycles. The third-order valence-electron chi connectivity index (χ3n) is 5.29. The number of carboxylic acids is 1. The summed E-state index contributed by atoms with van der Waals surface area (Å²) in [5.74, 6) is -3.34. The van der Waals surface area contributed by atoms with Crippen molar-refractivity contribution in [3.05, 3.63) is 22.7 Å². The van der Waals surface area contributed by atoms with Crippen molar-refractivity contribution in [3.8, 4) is 5.75 Å². The molecule has 190 valence electrons. The van der Waals surface area contributed by atoms with Crippen molar-refractivity contribution in [2.24, 2.45) is 0 Å². The molecule has 4 N–H and O–H groups in total. The van der Waals surface area contributed by atoms with Gasteiger partial charge in [-0.05, 0) is 25.8 Å². The number of rotatable bonds is 10. The summed E-state index contributed by atoms with van der Waals surface area (Å²) < 4.78 is 5.22. The number of carboxylic acid groups (broad SMARTS) is 1. The molecule has 1 aromatic carbocycles. The maximum Gasteiger partial charge on any atom is 0.305 e. The van der Waals surface area contributed by atoms with E-state index in [2.05, 4.69) is 16.0 Å². The summed E-state index contributed by atoms with van der Waals surface area (Å²) in [6, 6.07) is -0.472. The van der Waals surface area contributed by atoms with E-state index < -0.39 is 48.2 Å². The Kier molecular flexibility index (Phi) is 9.58. The Morgan fingerprint density at radius 3 is 2.51 bits per heavy atom. The van der Waals surface area contributed by atoms with Crippen LogP contribution in [0.1, 0.15) is 43.5 Å². The molecule has 0 radical (unpaired) electrons. The second-order valence-electron chi connectivity index (χ2n) is 7.95. The lowest BCUT2D eigenvalue weighted by Gasteiger charge is -2.28. The normalized spacial score (nSPS) is 16.6. The molecule has 1 fully saturated rings. The quantitative estimate of drug-likeness (QED) is 0.331. The molecule has 1 aliphatic heterocycles. The van der Waals surface area contributed by atoms with E-state index in [1.54, 1.807) is 0 Å². The van der Waals surface area contributed by atoms with Crippen LogP contribution in [0.5, 0.6) is 5.75 Å². The number of aldehydes is 1. The third kappa shape index (κ3) is 7.15. The maximum absolute atomic E-state index is 13.0. The van der Waals surface area contributed by atoms with Gasteiger partial charge in [-0.3, -0.25) is 24.0 Å². The van der Waals surface area contributed by atoms with Gasteiger partial charge < -0.3 is 35.5 Å². The highest BCUT2D eigenvalue weighted by Gasteiger charge is 2.37. The molecule has 1 aliphatic rings. The van der Waals surface area contributed by atoms with E-state index in [0.717, 1.165) is 0 Å². The summed E-state index contributed by atoms with van der Waals surface area (Å²) in [5.41, 5.74) is 0.281. The number of nitrogens with zero attached hydrogens (tertiary/aromatic N) is 1. The first-order valence-corrected chi connectivity index (χ1v) is 11.1. The zero-order chi connectivity index (χ0) is 26.3. The lowest BCUT2D eigenvalue weighted by Crippen LogP contribution is -2.54. The summed E-state index contributed by atoms with van der Waals surface area (Å²) in [7, 11) is 1.33. The van der Waals surface area contributed by atoms with Gasteiger partial charge in [-0.1, -0.05) is 11.6 Å². The van der Waals surface area contributed by atoms with Gasteiger partial charge in [0.25, 0.3) is 5.91 Å². The maximum atomic E-state index is 13.0. The van der Waals surface area contributed by atoms with Gasteiger partial charge in [-0.25, -0.2) is 0 Å². The van der Waals surface area contributed by atoms with E-state index in [0.29, 0.717) is 19.1 Å². The van der Waals surface area contributed by atoms with Crippen LogP contribution < -0.4 is 20.7 Å². The van der Waals surface area contributed by atoms with Crippen molar-refractivity contribution in [2.75, 3.05) is 19.0 Å². The lowest BCUT2D eigenvalue weighted by atomic mass is 10.1. The number of aliphatic carboxylic acids is 1. The van der Waals surface area contributed by atoms with E-state index in [1.807, 2.05) is 0 Å². The molecule has 1 heterocycles. The number of carbonyl (C=O) groups excluding carboxylic acids is 5. The predicted molar refractivity (Wildman–Crippen MR) is 124 cm³/mol. The Morgan fingerprint density at radius 2 is 1.94 bits per heavy atom. The number of ether oxygens (including phenoxy) is 1. The summed E-state index contributed by atoms with van der Waals surface area (Å²) >= 11 is 6.16. The number of hydrogen-bond donors (Lipinski definition) is 4. The fourth-order valence-electron chi connectivity index (χ4n) is 3.67. The van der Waals surface area contributed by atoms with Crippen LogP contribution in [-0.2, 0) is 24.0 Å². The van der Waals surface area contributed by atoms with E-state index in [4.69, 9.17) is 21.4 Å². The third-order valence-corrected chi connectivity index (χ3v) is 5.60. The van der Waals surface area contributed by atoms with E-state index in [1.165, 1.54) is 38.0 Å². The van der Waals surface area contributed by atoms with Crippen LogP contribution in [-0.4, -0.2) is 77.7 Å². The Bertz CT molecular complexity index is 1030. The van der Waals surface area contributed by atoms with Gasteiger partial charge in [-0.2, -0.15) is 0 Å². The molecule has 0 aliphatic carbocycles. The molecule has 2 rings (SSSR count). The molecular formula is C22H27ClN4O8. The number of likely N-dealkylation sites (tertiary alicyclic amines) is 1. The minimum Gasteiger partial charge on any atom is -0.496 e. The van der Waals surface area contributed by atoms with Gasteiger partial charge in [0.05, 0.1) is 35.8 Å². The summed E-state index contributed by atoms with van der Waals surface area (Å²) in [5, 5.41) is 16.3. The zero-order valence-electron chi connectivity index (χ0n) is 19.4. The van der Waals surface area contributed by atoms with Crippen molar-refractivity contribution < 1.29 is 38.6 Å². The van der Waals surface area contributed by atoms with Crippen molar-refractivity contribution in [1.82, 2.24) is 15.5 Å². The first-order valence-electron chi connectivity index (χ1n) is 10.7. The number of carbonyl (C=O) groups is 6. The predicted octanol–water partition coefficient (Wildman–Crippen LogP) is 0.575. The minimum absolute atomic E-state index is 0.0319. The van der Waals surface area contributed by atoms with Gasteiger partial charge in [0, 0.05) is 19.5 Å². The Morgan fingerprint density at radius 1 is 1.26 bits per heavy atom. The van der Waals surface area contributed by atoms with Gasteiger partial charge in [0.15, 0.2) is 0 Å².